The van der Waals surface area contributed by atoms with E-state index in [4.69, 9.17) is 0 Å². The monoisotopic (exact) mass is 353 g/mol. The molecule has 2 fully saturated rings. The van der Waals surface area contributed by atoms with Crippen molar-refractivity contribution in [3.8, 4) is 0 Å². The zero-order valence-electron chi connectivity index (χ0n) is 15.7. The molecule has 2 heterocycles. The molecule has 1 saturated heterocycles. The summed E-state index contributed by atoms with van der Waals surface area (Å²) in [6, 6.07) is 4.44. The van der Waals surface area contributed by atoms with E-state index in [9.17, 15) is 5.11 Å². The van der Waals surface area contributed by atoms with Gasteiger partial charge in [-0.15, -0.1) is 0 Å². The van der Waals surface area contributed by atoms with Crippen molar-refractivity contribution in [2.45, 2.75) is 56.6 Å². The number of hydrogen-bond donors (Lipinski definition) is 2. The summed E-state index contributed by atoms with van der Waals surface area (Å²) in [6.45, 7) is 9.86. The van der Waals surface area contributed by atoms with Gasteiger partial charge in [0, 0.05) is 43.5 Å². The maximum absolute atomic E-state index is 11.1. The quantitative estimate of drug-likeness (QED) is 0.742. The van der Waals surface area contributed by atoms with Crippen LogP contribution in [-0.2, 0) is 0 Å². The van der Waals surface area contributed by atoms with Crippen molar-refractivity contribution in [2.24, 2.45) is 0 Å². The molecule has 0 bridgehead atoms. The SMILES string of the molecule is C=C/C=C(\C=C)C1(O)CCCC(Nc2cc(N3CCCCC3)ccn2)C1. The lowest BCUT2D eigenvalue weighted by Crippen LogP contribution is -2.41. The van der Waals surface area contributed by atoms with E-state index in [0.29, 0.717) is 6.42 Å². The Balaban J connectivity index is 1.69. The van der Waals surface area contributed by atoms with Gasteiger partial charge in [-0.05, 0) is 50.2 Å². The molecule has 26 heavy (non-hydrogen) atoms. The summed E-state index contributed by atoms with van der Waals surface area (Å²) >= 11 is 0. The van der Waals surface area contributed by atoms with Crippen molar-refractivity contribution in [1.29, 1.82) is 0 Å². The van der Waals surface area contributed by atoms with E-state index in [2.05, 4.69) is 40.5 Å². The maximum atomic E-state index is 11.1. The van der Waals surface area contributed by atoms with E-state index in [1.165, 1.54) is 24.9 Å². The van der Waals surface area contributed by atoms with E-state index < -0.39 is 5.60 Å². The fraction of sp³-hybridized carbons (Fsp3) is 0.500. The zero-order valence-corrected chi connectivity index (χ0v) is 15.7. The van der Waals surface area contributed by atoms with Gasteiger partial charge in [-0.25, -0.2) is 4.98 Å². The number of aliphatic hydroxyl groups is 1. The van der Waals surface area contributed by atoms with Gasteiger partial charge < -0.3 is 15.3 Å². The second-order valence-electron chi connectivity index (χ2n) is 7.48. The number of piperidine rings is 1. The molecule has 4 nitrogen and oxygen atoms in total. The van der Waals surface area contributed by atoms with Gasteiger partial charge in [-0.1, -0.05) is 31.4 Å². The summed E-state index contributed by atoms with van der Waals surface area (Å²) in [6.07, 6.45) is 14.5. The van der Waals surface area contributed by atoms with Crippen molar-refractivity contribution in [1.82, 2.24) is 4.98 Å². The first-order valence-electron chi connectivity index (χ1n) is 9.80. The van der Waals surface area contributed by atoms with Crippen molar-refractivity contribution in [3.63, 3.8) is 0 Å². The Labute approximate surface area is 157 Å². The highest BCUT2D eigenvalue weighted by atomic mass is 16.3. The first kappa shape index (κ1) is 18.7. The molecule has 3 rings (SSSR count). The predicted molar refractivity (Wildman–Crippen MR) is 110 cm³/mol. The summed E-state index contributed by atoms with van der Waals surface area (Å²) < 4.78 is 0. The van der Waals surface area contributed by atoms with E-state index in [-0.39, 0.29) is 6.04 Å². The largest absolute Gasteiger partial charge is 0.385 e. The average Bonchev–Trinajstić information content (AvgIpc) is 2.67. The van der Waals surface area contributed by atoms with Crippen LogP contribution in [0.1, 0.15) is 44.9 Å². The topological polar surface area (TPSA) is 48.4 Å². The molecule has 0 spiro atoms. The molecule has 2 N–H and O–H groups in total. The summed E-state index contributed by atoms with van der Waals surface area (Å²) in [5.74, 6) is 0.898. The Hall–Kier alpha value is -2.07. The number of anilines is 2. The molecule has 1 aliphatic heterocycles. The van der Waals surface area contributed by atoms with Crippen LogP contribution in [0, 0.1) is 0 Å². The molecular weight excluding hydrogens is 322 g/mol. The predicted octanol–water partition coefficient (Wildman–Crippen LogP) is 4.46. The number of allylic oxidation sites excluding steroid dienone is 2. The minimum atomic E-state index is -0.837. The normalized spacial score (nSPS) is 27.0. The standard InChI is InChI=1S/C22H31N3O/c1-3-9-18(4-2)22(26)12-8-10-19(17-22)24-21-16-20(11-13-23-21)25-14-6-5-7-15-25/h3-4,9,11,13,16,19,26H,1-2,5-8,10,12,14-15,17H2,(H,23,24)/b18-9+. The Bertz CT molecular complexity index is 663. The number of rotatable bonds is 6. The third kappa shape index (κ3) is 4.36. The summed E-state index contributed by atoms with van der Waals surface area (Å²) in [7, 11) is 0. The molecule has 0 radical (unpaired) electrons. The molecule has 0 aromatic carbocycles. The number of nitrogens with one attached hydrogen (secondary N) is 1. The fourth-order valence-electron chi connectivity index (χ4n) is 4.23. The molecule has 2 atom stereocenters. The van der Waals surface area contributed by atoms with E-state index in [0.717, 1.165) is 43.7 Å². The Kier molecular flexibility index (Phi) is 6.15. The number of nitrogens with zero attached hydrogens (tertiary/aromatic N) is 2. The minimum Gasteiger partial charge on any atom is -0.385 e. The molecule has 1 aromatic heterocycles. The van der Waals surface area contributed by atoms with Crippen LogP contribution in [0.15, 0.2) is 55.3 Å². The lowest BCUT2D eigenvalue weighted by molar-refractivity contribution is 0.0384. The van der Waals surface area contributed by atoms with Crippen LogP contribution < -0.4 is 10.2 Å². The Morgan fingerprint density at radius 1 is 1.27 bits per heavy atom. The van der Waals surface area contributed by atoms with Crippen molar-refractivity contribution in [3.05, 3.63) is 55.3 Å². The summed E-state index contributed by atoms with van der Waals surface area (Å²) in [5, 5.41) is 14.7. The lowest BCUT2D eigenvalue weighted by atomic mass is 9.76. The van der Waals surface area contributed by atoms with Crippen LogP contribution in [0.4, 0.5) is 11.5 Å². The van der Waals surface area contributed by atoms with Gasteiger partial charge in [-0.3, -0.25) is 0 Å². The molecule has 1 saturated carbocycles. The Morgan fingerprint density at radius 3 is 2.81 bits per heavy atom. The maximum Gasteiger partial charge on any atom is 0.128 e. The van der Waals surface area contributed by atoms with Crippen LogP contribution in [0.25, 0.3) is 0 Å². The van der Waals surface area contributed by atoms with Crippen LogP contribution >= 0.6 is 0 Å². The lowest BCUT2D eigenvalue weighted by Gasteiger charge is -2.38. The molecular formula is C22H31N3O. The molecule has 2 unspecified atom stereocenters. The first-order chi connectivity index (χ1) is 12.6. The third-order valence-corrected chi connectivity index (χ3v) is 5.60. The minimum absolute atomic E-state index is 0.200. The third-order valence-electron chi connectivity index (χ3n) is 5.60. The molecule has 1 aliphatic carbocycles. The number of pyridine rings is 1. The first-order valence-corrected chi connectivity index (χ1v) is 9.80. The van der Waals surface area contributed by atoms with Crippen LogP contribution in [0.5, 0.6) is 0 Å². The van der Waals surface area contributed by atoms with Crippen molar-refractivity contribution >= 4 is 11.5 Å². The highest BCUT2D eigenvalue weighted by Gasteiger charge is 2.36. The van der Waals surface area contributed by atoms with E-state index in [1.807, 2.05) is 12.3 Å². The molecule has 2 aliphatic rings. The Morgan fingerprint density at radius 2 is 2.08 bits per heavy atom. The van der Waals surface area contributed by atoms with Gasteiger partial charge in [0.05, 0.1) is 5.60 Å². The van der Waals surface area contributed by atoms with Gasteiger partial charge >= 0.3 is 0 Å². The summed E-state index contributed by atoms with van der Waals surface area (Å²) in [5.41, 5.74) is 1.26. The molecule has 1 aromatic rings. The number of hydrogen-bond acceptors (Lipinski definition) is 4. The second-order valence-corrected chi connectivity index (χ2v) is 7.48. The van der Waals surface area contributed by atoms with Crippen molar-refractivity contribution in [2.75, 3.05) is 23.3 Å². The average molecular weight is 354 g/mol. The molecule has 140 valence electrons. The highest BCUT2D eigenvalue weighted by Crippen LogP contribution is 2.36. The van der Waals surface area contributed by atoms with E-state index >= 15 is 0 Å². The van der Waals surface area contributed by atoms with Gasteiger partial charge in [0.15, 0.2) is 0 Å². The van der Waals surface area contributed by atoms with Gasteiger partial charge in [0.1, 0.15) is 5.82 Å². The van der Waals surface area contributed by atoms with Gasteiger partial charge in [0.25, 0.3) is 0 Å². The van der Waals surface area contributed by atoms with Crippen molar-refractivity contribution < 1.29 is 5.11 Å². The second kappa shape index (κ2) is 8.54. The van der Waals surface area contributed by atoms with Gasteiger partial charge in [0.2, 0.25) is 0 Å². The van der Waals surface area contributed by atoms with Gasteiger partial charge in [-0.2, -0.15) is 0 Å². The number of aromatic nitrogens is 1. The molecule has 4 heteroatoms. The molecule has 0 amide bonds. The summed E-state index contributed by atoms with van der Waals surface area (Å²) in [4.78, 5) is 6.95. The van der Waals surface area contributed by atoms with Crippen LogP contribution in [-0.4, -0.2) is 34.8 Å². The smallest absolute Gasteiger partial charge is 0.128 e. The fourth-order valence-corrected chi connectivity index (χ4v) is 4.23. The van der Waals surface area contributed by atoms with E-state index in [1.54, 1.807) is 12.2 Å². The van der Waals surface area contributed by atoms with Crippen LogP contribution in [0.3, 0.4) is 0 Å². The zero-order chi connectivity index (χ0) is 18.4. The van der Waals surface area contributed by atoms with Crippen LogP contribution in [0.2, 0.25) is 0 Å². The highest BCUT2D eigenvalue weighted by molar-refractivity contribution is 5.54.